The van der Waals surface area contributed by atoms with Crippen LogP contribution in [0.5, 0.6) is 0 Å². The molecule has 12 heteroatoms. The third-order valence-corrected chi connectivity index (χ3v) is 5.59. The molecule has 0 N–H and O–H groups in total. The van der Waals surface area contributed by atoms with Crippen molar-refractivity contribution in [1.29, 1.82) is 0 Å². The molecule has 2 fully saturated rings. The Labute approximate surface area is 183 Å². The molecule has 2 aliphatic rings. The Bertz CT molecular complexity index is 988. The SMILES string of the molecule is O=C(C1CCCN1c1cc(C(F)(F)F)cc(C(F)(F)F)n1)N(c1ccc(F)cc1)C1COC1. The molecule has 0 aliphatic carbocycles. The number of anilines is 2. The molecule has 5 nitrogen and oxygen atoms in total. The van der Waals surface area contributed by atoms with Crippen molar-refractivity contribution in [1.82, 2.24) is 4.98 Å². The summed E-state index contributed by atoms with van der Waals surface area (Å²) in [7, 11) is 0. The molecule has 3 heterocycles. The first-order chi connectivity index (χ1) is 15.4. The highest BCUT2D eigenvalue weighted by atomic mass is 19.4. The Morgan fingerprint density at radius 1 is 1.03 bits per heavy atom. The van der Waals surface area contributed by atoms with E-state index in [0.29, 0.717) is 18.2 Å². The van der Waals surface area contributed by atoms with Crippen LogP contribution in [-0.2, 0) is 21.9 Å². The fourth-order valence-electron chi connectivity index (χ4n) is 3.92. The minimum atomic E-state index is -5.10. The molecule has 2 aliphatic heterocycles. The summed E-state index contributed by atoms with van der Waals surface area (Å²) >= 11 is 0. The van der Waals surface area contributed by atoms with Crippen molar-refractivity contribution in [2.45, 2.75) is 37.3 Å². The van der Waals surface area contributed by atoms with Crippen molar-refractivity contribution in [2.24, 2.45) is 0 Å². The van der Waals surface area contributed by atoms with Gasteiger partial charge < -0.3 is 14.5 Å². The van der Waals surface area contributed by atoms with Gasteiger partial charge >= 0.3 is 12.4 Å². The summed E-state index contributed by atoms with van der Waals surface area (Å²) < 4.78 is 98.1. The lowest BCUT2D eigenvalue weighted by Crippen LogP contribution is -2.57. The minimum Gasteiger partial charge on any atom is -0.377 e. The van der Waals surface area contributed by atoms with E-state index in [1.807, 2.05) is 0 Å². The topological polar surface area (TPSA) is 45.7 Å². The molecule has 0 bridgehead atoms. The molecule has 178 valence electrons. The molecule has 0 radical (unpaired) electrons. The molecule has 0 spiro atoms. The third-order valence-electron chi connectivity index (χ3n) is 5.59. The number of ether oxygens (including phenoxy) is 1. The van der Waals surface area contributed by atoms with E-state index in [4.69, 9.17) is 4.74 Å². The number of aromatic nitrogens is 1. The van der Waals surface area contributed by atoms with Crippen LogP contribution in [0.15, 0.2) is 36.4 Å². The van der Waals surface area contributed by atoms with Gasteiger partial charge in [-0.15, -0.1) is 0 Å². The molecule has 33 heavy (non-hydrogen) atoms. The Morgan fingerprint density at radius 2 is 1.70 bits per heavy atom. The van der Waals surface area contributed by atoms with Crippen LogP contribution in [0, 0.1) is 5.82 Å². The second-order valence-electron chi connectivity index (χ2n) is 7.82. The van der Waals surface area contributed by atoms with Crippen molar-refractivity contribution in [3.8, 4) is 0 Å². The monoisotopic (exact) mass is 477 g/mol. The highest BCUT2D eigenvalue weighted by molar-refractivity contribution is 6.00. The summed E-state index contributed by atoms with van der Waals surface area (Å²) in [6.07, 6.45) is -9.55. The van der Waals surface area contributed by atoms with Crippen LogP contribution in [0.4, 0.5) is 42.2 Å². The number of benzene rings is 1. The zero-order valence-corrected chi connectivity index (χ0v) is 17.0. The Hall–Kier alpha value is -2.89. The Kier molecular flexibility index (Phi) is 5.97. The van der Waals surface area contributed by atoms with Crippen LogP contribution in [-0.4, -0.2) is 42.7 Å². The first kappa shape index (κ1) is 23.3. The first-order valence-electron chi connectivity index (χ1n) is 10.0. The molecular weight excluding hydrogens is 459 g/mol. The van der Waals surface area contributed by atoms with Gasteiger partial charge in [-0.2, -0.15) is 26.3 Å². The summed E-state index contributed by atoms with van der Waals surface area (Å²) in [6, 6.07) is 4.14. The van der Waals surface area contributed by atoms with E-state index in [-0.39, 0.29) is 38.3 Å². The van der Waals surface area contributed by atoms with Gasteiger partial charge in [0.2, 0.25) is 5.91 Å². The number of carbonyl (C=O) groups is 1. The number of amides is 1. The molecule has 4 rings (SSSR count). The number of rotatable bonds is 4. The lowest BCUT2D eigenvalue weighted by atomic mass is 10.1. The van der Waals surface area contributed by atoms with Crippen LogP contribution in [0.3, 0.4) is 0 Å². The average molecular weight is 477 g/mol. The van der Waals surface area contributed by atoms with Crippen molar-refractivity contribution >= 4 is 17.4 Å². The van der Waals surface area contributed by atoms with E-state index in [1.54, 1.807) is 0 Å². The minimum absolute atomic E-state index is 0.0487. The molecule has 1 unspecified atom stereocenters. The molecule has 1 aromatic carbocycles. The molecule has 1 aromatic heterocycles. The number of hydrogen-bond acceptors (Lipinski definition) is 4. The van der Waals surface area contributed by atoms with Crippen LogP contribution >= 0.6 is 0 Å². The smallest absolute Gasteiger partial charge is 0.377 e. The molecule has 1 amide bonds. The maximum atomic E-state index is 13.5. The van der Waals surface area contributed by atoms with E-state index in [2.05, 4.69) is 4.98 Å². The maximum Gasteiger partial charge on any atom is 0.433 e. The zero-order valence-electron chi connectivity index (χ0n) is 17.0. The normalized spacial score (nSPS) is 19.5. The standard InChI is InChI=1S/C21H18F7N3O2/c22-13-3-5-14(6-4-13)31(15-10-33-11-15)19(32)16-2-1-7-30(16)18-9-12(20(23,24)25)8-17(29-18)21(26,27)28/h3-6,8-9,15-16H,1-2,7,10-11H2. The van der Waals surface area contributed by atoms with Gasteiger partial charge in [-0.1, -0.05) is 0 Å². The van der Waals surface area contributed by atoms with Gasteiger partial charge in [-0.05, 0) is 49.2 Å². The predicted octanol–water partition coefficient (Wildman–Crippen LogP) is 4.66. The van der Waals surface area contributed by atoms with E-state index in [0.717, 1.165) is 12.1 Å². The molecule has 2 aromatic rings. The molecule has 2 saturated heterocycles. The van der Waals surface area contributed by atoms with Gasteiger partial charge in [0.05, 0.1) is 24.8 Å². The number of hydrogen-bond donors (Lipinski definition) is 0. The largest absolute Gasteiger partial charge is 0.433 e. The highest BCUT2D eigenvalue weighted by Crippen LogP contribution is 2.38. The van der Waals surface area contributed by atoms with Crippen LogP contribution < -0.4 is 9.80 Å². The fraction of sp³-hybridized carbons (Fsp3) is 0.429. The van der Waals surface area contributed by atoms with Gasteiger partial charge in [0.25, 0.3) is 0 Å². The van der Waals surface area contributed by atoms with E-state index in [1.165, 1.54) is 21.9 Å². The second kappa shape index (κ2) is 8.47. The summed E-state index contributed by atoms with van der Waals surface area (Å²) in [5, 5.41) is 0. The lowest BCUT2D eigenvalue weighted by Gasteiger charge is -2.40. The number of halogens is 7. The number of nitrogens with zero attached hydrogens (tertiary/aromatic N) is 3. The maximum absolute atomic E-state index is 13.5. The zero-order chi connectivity index (χ0) is 24.0. The Balaban J connectivity index is 1.71. The molecular formula is C21H18F7N3O2. The number of carbonyl (C=O) groups excluding carboxylic acids is 1. The van der Waals surface area contributed by atoms with Crippen LogP contribution in [0.25, 0.3) is 0 Å². The molecule has 0 saturated carbocycles. The van der Waals surface area contributed by atoms with Gasteiger partial charge in [0.15, 0.2) is 0 Å². The number of pyridine rings is 1. The van der Waals surface area contributed by atoms with Gasteiger partial charge in [0.1, 0.15) is 23.4 Å². The quantitative estimate of drug-likeness (QED) is 0.602. The van der Waals surface area contributed by atoms with Crippen molar-refractivity contribution in [3.63, 3.8) is 0 Å². The van der Waals surface area contributed by atoms with E-state index in [9.17, 15) is 35.5 Å². The van der Waals surface area contributed by atoms with Crippen molar-refractivity contribution in [2.75, 3.05) is 29.6 Å². The average Bonchev–Trinajstić information content (AvgIpc) is 3.19. The fourth-order valence-corrected chi connectivity index (χ4v) is 3.92. The summed E-state index contributed by atoms with van der Waals surface area (Å²) in [4.78, 5) is 19.4. The van der Waals surface area contributed by atoms with Crippen LogP contribution in [0.1, 0.15) is 24.1 Å². The van der Waals surface area contributed by atoms with Crippen LogP contribution in [0.2, 0.25) is 0 Å². The first-order valence-corrected chi connectivity index (χ1v) is 10.0. The van der Waals surface area contributed by atoms with Gasteiger partial charge in [-0.25, -0.2) is 9.37 Å². The Morgan fingerprint density at radius 3 is 2.24 bits per heavy atom. The third kappa shape index (κ3) is 4.75. The summed E-state index contributed by atoms with van der Waals surface area (Å²) in [5.74, 6) is -1.62. The number of alkyl halides is 6. The van der Waals surface area contributed by atoms with E-state index >= 15 is 0 Å². The van der Waals surface area contributed by atoms with Crippen molar-refractivity contribution < 1.29 is 40.3 Å². The molecule has 1 atom stereocenters. The highest BCUT2D eigenvalue weighted by Gasteiger charge is 2.43. The van der Waals surface area contributed by atoms with E-state index < -0.39 is 47.2 Å². The van der Waals surface area contributed by atoms with Crippen molar-refractivity contribution in [3.05, 3.63) is 53.5 Å². The second-order valence-corrected chi connectivity index (χ2v) is 7.82. The predicted molar refractivity (Wildman–Crippen MR) is 103 cm³/mol. The van der Waals surface area contributed by atoms with Gasteiger partial charge in [-0.3, -0.25) is 4.79 Å². The lowest BCUT2D eigenvalue weighted by molar-refractivity contribution is -0.145. The van der Waals surface area contributed by atoms with Gasteiger partial charge in [0, 0.05) is 12.2 Å². The summed E-state index contributed by atoms with van der Waals surface area (Å²) in [5.41, 5.74) is -2.83. The summed E-state index contributed by atoms with van der Waals surface area (Å²) in [6.45, 7) is 0.464.